The van der Waals surface area contributed by atoms with E-state index in [0.29, 0.717) is 10.5 Å². The lowest BCUT2D eigenvalue weighted by Gasteiger charge is -2.12. The summed E-state index contributed by atoms with van der Waals surface area (Å²) in [6.45, 7) is 0.0612. The zero-order valence-corrected chi connectivity index (χ0v) is 18.1. The Kier molecular flexibility index (Phi) is 5.27. The summed E-state index contributed by atoms with van der Waals surface area (Å²) in [5.74, 6) is -0.380. The van der Waals surface area contributed by atoms with Gasteiger partial charge in [-0.15, -0.1) is 0 Å². The third-order valence-electron chi connectivity index (χ3n) is 5.43. The molecule has 0 aliphatic carbocycles. The van der Waals surface area contributed by atoms with Crippen molar-refractivity contribution in [2.75, 3.05) is 0 Å². The lowest BCUT2D eigenvalue weighted by Crippen LogP contribution is -2.27. The topological polar surface area (TPSA) is 85.5 Å². The van der Waals surface area contributed by atoms with Gasteiger partial charge in [-0.2, -0.15) is 0 Å². The first kappa shape index (κ1) is 20.7. The average molecular weight is 455 g/mol. The smallest absolute Gasteiger partial charge is 0.293 e. The van der Waals surface area contributed by atoms with E-state index in [-0.39, 0.29) is 23.4 Å². The van der Waals surface area contributed by atoms with Gasteiger partial charge in [-0.25, -0.2) is 0 Å². The van der Waals surface area contributed by atoms with Gasteiger partial charge in [0, 0.05) is 29.7 Å². The molecule has 8 heteroatoms. The Morgan fingerprint density at radius 2 is 1.67 bits per heavy atom. The minimum absolute atomic E-state index is 0.0396. The molecule has 33 heavy (non-hydrogen) atoms. The minimum atomic E-state index is -0.489. The normalized spacial score (nSPS) is 15.0. The van der Waals surface area contributed by atoms with Crippen LogP contribution in [0.3, 0.4) is 0 Å². The number of fused-ring (bicyclic) bond motifs is 1. The number of thioether (sulfide) groups is 1. The maximum Gasteiger partial charge on any atom is 0.293 e. The Labute approximate surface area is 193 Å². The highest BCUT2D eigenvalue weighted by molar-refractivity contribution is 8.18. The minimum Gasteiger partial charge on any atom is -0.317 e. The van der Waals surface area contributed by atoms with Crippen molar-refractivity contribution in [3.05, 3.63) is 111 Å². The van der Waals surface area contributed by atoms with E-state index in [1.54, 1.807) is 18.2 Å². The van der Waals surface area contributed by atoms with Crippen LogP contribution in [0.25, 0.3) is 22.5 Å². The first-order chi connectivity index (χ1) is 16.0. The summed E-state index contributed by atoms with van der Waals surface area (Å²) >= 11 is 0.891. The number of carbonyl (C=O) groups excluding carboxylic acids is 2. The predicted octanol–water partition coefficient (Wildman–Crippen LogP) is 5.78. The van der Waals surface area contributed by atoms with E-state index in [9.17, 15) is 19.7 Å². The molecule has 1 aromatic heterocycles. The highest BCUT2D eigenvalue weighted by Gasteiger charge is 2.35. The van der Waals surface area contributed by atoms with Crippen molar-refractivity contribution in [3.63, 3.8) is 0 Å². The summed E-state index contributed by atoms with van der Waals surface area (Å²) in [5.41, 5.74) is 2.34. The van der Waals surface area contributed by atoms with Gasteiger partial charge in [0.2, 0.25) is 0 Å². The van der Waals surface area contributed by atoms with E-state index in [1.807, 2.05) is 53.2 Å². The number of nitro benzene ring substituents is 1. The second-order valence-corrected chi connectivity index (χ2v) is 8.52. The van der Waals surface area contributed by atoms with Gasteiger partial charge < -0.3 is 4.57 Å². The molecule has 0 spiro atoms. The van der Waals surface area contributed by atoms with Gasteiger partial charge in [0.25, 0.3) is 16.8 Å². The monoisotopic (exact) mass is 455 g/mol. The standard InChI is InChI=1S/C25H17N3O4S/c29-24-23(33-25(30)27(24)16-17-7-10-20(11-8-17)28(31)32)15-21-6-3-13-26(21)22-12-9-18-4-1-2-5-19(18)14-22/h1-15H,16H2/b23-15-. The fraction of sp³-hybridized carbons (Fsp3) is 0.0400. The van der Waals surface area contributed by atoms with E-state index < -0.39 is 4.92 Å². The van der Waals surface area contributed by atoms with Crippen molar-refractivity contribution >= 4 is 45.4 Å². The Balaban J connectivity index is 1.40. The lowest BCUT2D eigenvalue weighted by atomic mass is 10.1. The van der Waals surface area contributed by atoms with Gasteiger partial charge in [0.1, 0.15) is 0 Å². The fourth-order valence-electron chi connectivity index (χ4n) is 3.75. The molecule has 1 fully saturated rings. The van der Waals surface area contributed by atoms with E-state index in [2.05, 4.69) is 12.1 Å². The Morgan fingerprint density at radius 1 is 0.909 bits per heavy atom. The van der Waals surface area contributed by atoms with Crippen molar-refractivity contribution in [1.82, 2.24) is 9.47 Å². The van der Waals surface area contributed by atoms with Crippen LogP contribution in [-0.4, -0.2) is 25.5 Å². The molecule has 2 amide bonds. The van der Waals surface area contributed by atoms with Crippen LogP contribution in [-0.2, 0) is 11.3 Å². The first-order valence-electron chi connectivity index (χ1n) is 10.1. The molecule has 1 aliphatic rings. The molecule has 1 aliphatic heterocycles. The summed E-state index contributed by atoms with van der Waals surface area (Å²) in [5, 5.41) is 12.7. The van der Waals surface area contributed by atoms with Crippen LogP contribution in [0.2, 0.25) is 0 Å². The third-order valence-corrected chi connectivity index (χ3v) is 6.34. The van der Waals surface area contributed by atoms with Crippen molar-refractivity contribution in [2.45, 2.75) is 6.54 Å². The van der Waals surface area contributed by atoms with Crippen LogP contribution >= 0.6 is 11.8 Å². The van der Waals surface area contributed by atoms with Gasteiger partial charge in [0.15, 0.2) is 0 Å². The lowest BCUT2D eigenvalue weighted by molar-refractivity contribution is -0.384. The number of benzene rings is 3. The number of non-ortho nitro benzene ring substituents is 1. The number of amides is 2. The number of nitrogens with zero attached hydrogens (tertiary/aromatic N) is 3. The highest BCUT2D eigenvalue weighted by atomic mass is 32.2. The van der Waals surface area contributed by atoms with Crippen molar-refractivity contribution in [2.24, 2.45) is 0 Å². The van der Waals surface area contributed by atoms with E-state index >= 15 is 0 Å². The SMILES string of the molecule is O=C1S/C(=C\c2cccn2-c2ccc3ccccc3c2)C(=O)N1Cc1ccc([N+](=O)[O-])cc1. The molecule has 0 unspecified atom stereocenters. The third kappa shape index (κ3) is 4.04. The van der Waals surface area contributed by atoms with E-state index in [4.69, 9.17) is 0 Å². The number of hydrogen-bond donors (Lipinski definition) is 0. The Morgan fingerprint density at radius 3 is 2.42 bits per heavy atom. The molecule has 5 rings (SSSR count). The first-order valence-corrected chi connectivity index (χ1v) is 11.0. The molecule has 3 aromatic carbocycles. The molecule has 4 aromatic rings. The molecule has 7 nitrogen and oxygen atoms in total. The molecular formula is C25H17N3O4S. The average Bonchev–Trinajstić information content (AvgIpc) is 3.39. The summed E-state index contributed by atoms with van der Waals surface area (Å²) in [6.07, 6.45) is 3.63. The van der Waals surface area contributed by atoms with Crippen molar-refractivity contribution in [3.8, 4) is 5.69 Å². The number of hydrogen-bond acceptors (Lipinski definition) is 5. The number of rotatable bonds is 5. The van der Waals surface area contributed by atoms with E-state index in [1.165, 1.54) is 12.1 Å². The van der Waals surface area contributed by atoms with Crippen LogP contribution in [0.4, 0.5) is 10.5 Å². The molecule has 162 valence electrons. The molecule has 0 N–H and O–H groups in total. The molecule has 2 heterocycles. The summed E-state index contributed by atoms with van der Waals surface area (Å²) in [6, 6.07) is 23.8. The van der Waals surface area contributed by atoms with Crippen LogP contribution in [0.5, 0.6) is 0 Å². The van der Waals surface area contributed by atoms with Gasteiger partial charge in [-0.05, 0) is 58.4 Å². The largest absolute Gasteiger partial charge is 0.317 e. The van der Waals surface area contributed by atoms with Gasteiger partial charge in [-0.3, -0.25) is 24.6 Å². The molecule has 0 radical (unpaired) electrons. The zero-order valence-electron chi connectivity index (χ0n) is 17.3. The van der Waals surface area contributed by atoms with Gasteiger partial charge in [-0.1, -0.05) is 42.5 Å². The van der Waals surface area contributed by atoms with Crippen molar-refractivity contribution in [1.29, 1.82) is 0 Å². The number of carbonyl (C=O) groups is 2. The molecule has 0 bridgehead atoms. The summed E-state index contributed by atoms with van der Waals surface area (Å²) < 4.78 is 1.97. The number of imide groups is 1. The Bertz CT molecular complexity index is 1440. The van der Waals surface area contributed by atoms with Crippen LogP contribution in [0.1, 0.15) is 11.3 Å². The summed E-state index contributed by atoms with van der Waals surface area (Å²) in [4.78, 5) is 37.3. The highest BCUT2D eigenvalue weighted by Crippen LogP contribution is 2.34. The van der Waals surface area contributed by atoms with Crippen LogP contribution in [0, 0.1) is 10.1 Å². The summed E-state index contributed by atoms with van der Waals surface area (Å²) in [7, 11) is 0. The Hall–Kier alpha value is -4.17. The van der Waals surface area contributed by atoms with E-state index in [0.717, 1.165) is 38.8 Å². The maximum absolute atomic E-state index is 12.9. The molecule has 0 atom stereocenters. The second-order valence-electron chi connectivity index (χ2n) is 7.53. The quantitative estimate of drug-likeness (QED) is 0.216. The van der Waals surface area contributed by atoms with Gasteiger partial charge >= 0.3 is 0 Å². The predicted molar refractivity (Wildman–Crippen MR) is 128 cm³/mol. The number of nitro groups is 1. The fourth-order valence-corrected chi connectivity index (χ4v) is 4.57. The van der Waals surface area contributed by atoms with Crippen molar-refractivity contribution < 1.29 is 14.5 Å². The molecule has 1 saturated heterocycles. The molecular weight excluding hydrogens is 438 g/mol. The zero-order chi connectivity index (χ0) is 22.9. The van der Waals surface area contributed by atoms with Crippen LogP contribution in [0.15, 0.2) is 90.0 Å². The maximum atomic E-state index is 12.9. The second kappa shape index (κ2) is 8.40. The van der Waals surface area contributed by atoms with Crippen LogP contribution < -0.4 is 0 Å². The van der Waals surface area contributed by atoms with Gasteiger partial charge in [0.05, 0.1) is 16.4 Å². The number of aromatic nitrogens is 1. The molecule has 0 saturated carbocycles.